The largest absolute Gasteiger partial charge is 0.381 e. The first-order valence-corrected chi connectivity index (χ1v) is 7.28. The lowest BCUT2D eigenvalue weighted by Gasteiger charge is -2.04. The van der Waals surface area contributed by atoms with Crippen LogP contribution >= 0.6 is 11.8 Å². The highest BCUT2D eigenvalue weighted by molar-refractivity contribution is 7.99. The SMILES string of the molecule is CCCSCCCOCCc1ccccc1. The quantitative estimate of drug-likeness (QED) is 0.606. The van der Waals surface area contributed by atoms with Crippen LogP contribution in [0, 0.1) is 0 Å². The van der Waals surface area contributed by atoms with E-state index < -0.39 is 0 Å². The van der Waals surface area contributed by atoms with Crippen molar-refractivity contribution in [1.82, 2.24) is 0 Å². The second kappa shape index (κ2) is 9.73. The highest BCUT2D eigenvalue weighted by Crippen LogP contribution is 2.04. The molecule has 16 heavy (non-hydrogen) atoms. The Kier molecular flexibility index (Phi) is 8.27. The molecule has 0 fully saturated rings. The Balaban J connectivity index is 1.89. The molecule has 0 saturated heterocycles. The molecule has 0 heterocycles. The molecule has 0 aromatic heterocycles. The lowest BCUT2D eigenvalue weighted by Crippen LogP contribution is -2.01. The molecule has 0 spiro atoms. The van der Waals surface area contributed by atoms with Crippen LogP contribution in [-0.4, -0.2) is 24.7 Å². The first-order chi connectivity index (χ1) is 7.93. The Morgan fingerprint density at radius 1 is 1.06 bits per heavy atom. The van der Waals surface area contributed by atoms with Gasteiger partial charge in [-0.3, -0.25) is 0 Å². The van der Waals surface area contributed by atoms with Gasteiger partial charge in [-0.1, -0.05) is 37.3 Å². The average Bonchev–Trinajstić information content (AvgIpc) is 2.34. The second-order valence-corrected chi connectivity index (χ2v) is 5.04. The van der Waals surface area contributed by atoms with Crippen LogP contribution in [0.3, 0.4) is 0 Å². The van der Waals surface area contributed by atoms with Crippen LogP contribution in [0.1, 0.15) is 25.3 Å². The highest BCUT2D eigenvalue weighted by atomic mass is 32.2. The van der Waals surface area contributed by atoms with E-state index in [0.29, 0.717) is 0 Å². The molecule has 0 aliphatic heterocycles. The van der Waals surface area contributed by atoms with Crippen molar-refractivity contribution in [3.63, 3.8) is 0 Å². The molecule has 1 aromatic carbocycles. The van der Waals surface area contributed by atoms with Gasteiger partial charge < -0.3 is 4.74 Å². The van der Waals surface area contributed by atoms with Gasteiger partial charge in [-0.2, -0.15) is 11.8 Å². The Labute approximate surface area is 104 Å². The fourth-order valence-electron chi connectivity index (χ4n) is 1.45. The predicted octanol–water partition coefficient (Wildman–Crippen LogP) is 3.78. The number of ether oxygens (including phenoxy) is 1. The molecule has 0 aliphatic carbocycles. The summed E-state index contributed by atoms with van der Waals surface area (Å²) in [7, 11) is 0. The van der Waals surface area contributed by atoms with Gasteiger partial charge in [0.15, 0.2) is 0 Å². The van der Waals surface area contributed by atoms with Crippen molar-refractivity contribution >= 4 is 11.8 Å². The van der Waals surface area contributed by atoms with Crippen molar-refractivity contribution in [2.45, 2.75) is 26.2 Å². The van der Waals surface area contributed by atoms with Crippen LogP contribution in [0.15, 0.2) is 30.3 Å². The van der Waals surface area contributed by atoms with Crippen LogP contribution in [0.2, 0.25) is 0 Å². The molecule has 0 atom stereocenters. The molecule has 1 rings (SSSR count). The van der Waals surface area contributed by atoms with Gasteiger partial charge in [0.1, 0.15) is 0 Å². The third-order valence-corrected chi connectivity index (χ3v) is 3.58. The van der Waals surface area contributed by atoms with Gasteiger partial charge in [0.2, 0.25) is 0 Å². The van der Waals surface area contributed by atoms with Crippen molar-refractivity contribution in [1.29, 1.82) is 0 Å². The monoisotopic (exact) mass is 238 g/mol. The second-order valence-electron chi connectivity index (χ2n) is 3.81. The molecular formula is C14H22OS. The van der Waals surface area contributed by atoms with E-state index in [2.05, 4.69) is 37.3 Å². The smallest absolute Gasteiger partial charge is 0.0506 e. The van der Waals surface area contributed by atoms with E-state index in [9.17, 15) is 0 Å². The van der Waals surface area contributed by atoms with Crippen LogP contribution in [0.5, 0.6) is 0 Å². The molecule has 0 bridgehead atoms. The van der Waals surface area contributed by atoms with Crippen LogP contribution in [0.25, 0.3) is 0 Å². The maximum atomic E-state index is 5.60. The molecule has 1 nitrogen and oxygen atoms in total. The average molecular weight is 238 g/mol. The van der Waals surface area contributed by atoms with Gasteiger partial charge in [0.05, 0.1) is 6.61 Å². The molecule has 0 aliphatic rings. The Morgan fingerprint density at radius 2 is 1.88 bits per heavy atom. The van der Waals surface area contributed by atoms with Crippen LogP contribution < -0.4 is 0 Å². The molecule has 90 valence electrons. The van der Waals surface area contributed by atoms with Crippen LogP contribution in [0.4, 0.5) is 0 Å². The number of hydrogen-bond acceptors (Lipinski definition) is 2. The third-order valence-electron chi connectivity index (χ3n) is 2.30. The number of hydrogen-bond donors (Lipinski definition) is 0. The van der Waals surface area contributed by atoms with Gasteiger partial charge in [-0.05, 0) is 36.3 Å². The van der Waals surface area contributed by atoms with E-state index in [-0.39, 0.29) is 0 Å². The Hall–Kier alpha value is -0.470. The lowest BCUT2D eigenvalue weighted by atomic mass is 10.2. The van der Waals surface area contributed by atoms with Gasteiger partial charge in [-0.25, -0.2) is 0 Å². The maximum Gasteiger partial charge on any atom is 0.0506 e. The highest BCUT2D eigenvalue weighted by Gasteiger charge is 1.93. The first-order valence-electron chi connectivity index (χ1n) is 6.13. The number of benzene rings is 1. The van der Waals surface area contributed by atoms with Gasteiger partial charge in [0.25, 0.3) is 0 Å². The summed E-state index contributed by atoms with van der Waals surface area (Å²) in [5.41, 5.74) is 1.36. The summed E-state index contributed by atoms with van der Waals surface area (Å²) in [6.45, 7) is 3.98. The summed E-state index contributed by atoms with van der Waals surface area (Å²) < 4.78 is 5.60. The van der Waals surface area contributed by atoms with Crippen LogP contribution in [-0.2, 0) is 11.2 Å². The summed E-state index contributed by atoms with van der Waals surface area (Å²) in [5, 5.41) is 0. The van der Waals surface area contributed by atoms with E-state index >= 15 is 0 Å². The molecule has 0 saturated carbocycles. The molecule has 0 N–H and O–H groups in total. The fourth-order valence-corrected chi connectivity index (χ4v) is 2.26. The van der Waals surface area contributed by atoms with E-state index in [1.807, 2.05) is 11.8 Å². The normalized spacial score (nSPS) is 10.6. The predicted molar refractivity (Wildman–Crippen MR) is 73.2 cm³/mol. The zero-order chi connectivity index (χ0) is 11.5. The minimum Gasteiger partial charge on any atom is -0.381 e. The van der Waals surface area contributed by atoms with Crippen molar-refractivity contribution in [3.05, 3.63) is 35.9 Å². The van der Waals surface area contributed by atoms with Crippen molar-refractivity contribution < 1.29 is 4.74 Å². The summed E-state index contributed by atoms with van der Waals surface area (Å²) in [6, 6.07) is 10.5. The number of rotatable bonds is 9. The molecule has 0 unspecified atom stereocenters. The zero-order valence-corrected chi connectivity index (χ0v) is 11.0. The summed E-state index contributed by atoms with van der Waals surface area (Å²) >= 11 is 2.03. The van der Waals surface area contributed by atoms with Gasteiger partial charge >= 0.3 is 0 Å². The number of thioether (sulfide) groups is 1. The van der Waals surface area contributed by atoms with Crippen molar-refractivity contribution in [2.75, 3.05) is 24.7 Å². The van der Waals surface area contributed by atoms with E-state index in [0.717, 1.165) is 19.6 Å². The van der Waals surface area contributed by atoms with E-state index in [1.54, 1.807) is 0 Å². The first kappa shape index (κ1) is 13.6. The summed E-state index contributed by atoms with van der Waals surface area (Å²) in [5.74, 6) is 2.52. The molecule has 2 heteroatoms. The summed E-state index contributed by atoms with van der Waals surface area (Å²) in [4.78, 5) is 0. The van der Waals surface area contributed by atoms with Gasteiger partial charge in [0, 0.05) is 6.61 Å². The summed E-state index contributed by atoms with van der Waals surface area (Å²) in [6.07, 6.45) is 3.49. The minimum atomic E-state index is 0.850. The third kappa shape index (κ3) is 6.91. The van der Waals surface area contributed by atoms with Crippen molar-refractivity contribution in [2.24, 2.45) is 0 Å². The molecular weight excluding hydrogens is 216 g/mol. The van der Waals surface area contributed by atoms with E-state index in [4.69, 9.17) is 4.74 Å². The fraction of sp³-hybridized carbons (Fsp3) is 0.571. The standard InChI is InChI=1S/C14H22OS/c1-2-12-16-13-6-10-15-11-9-14-7-4-3-5-8-14/h3-5,7-8H,2,6,9-13H2,1H3. The van der Waals surface area contributed by atoms with E-state index in [1.165, 1.54) is 29.9 Å². The molecule has 0 amide bonds. The lowest BCUT2D eigenvalue weighted by molar-refractivity contribution is 0.138. The zero-order valence-electron chi connectivity index (χ0n) is 10.2. The van der Waals surface area contributed by atoms with Gasteiger partial charge in [-0.15, -0.1) is 0 Å². The Bertz CT molecular complexity index is 248. The maximum absolute atomic E-state index is 5.60. The molecule has 1 aromatic rings. The minimum absolute atomic E-state index is 0.850. The Morgan fingerprint density at radius 3 is 2.62 bits per heavy atom. The van der Waals surface area contributed by atoms with Crippen molar-refractivity contribution in [3.8, 4) is 0 Å². The molecule has 0 radical (unpaired) electrons. The topological polar surface area (TPSA) is 9.23 Å².